The van der Waals surface area contributed by atoms with Crippen LogP contribution in [0.25, 0.3) is 0 Å². The van der Waals surface area contributed by atoms with Crippen molar-refractivity contribution in [1.82, 2.24) is 5.32 Å². The molecule has 2 rings (SSSR count). The summed E-state index contributed by atoms with van der Waals surface area (Å²) in [5.74, 6) is -0.484. The highest BCUT2D eigenvalue weighted by Gasteiger charge is 2.25. The molecule has 0 aromatic heterocycles. The molecule has 1 aromatic carbocycles. The van der Waals surface area contributed by atoms with Crippen LogP contribution in [0, 0.1) is 15.9 Å². The Kier molecular flexibility index (Phi) is 3.82. The molecule has 1 saturated heterocycles. The van der Waals surface area contributed by atoms with E-state index >= 15 is 0 Å². The maximum atomic E-state index is 13.6. The van der Waals surface area contributed by atoms with Crippen LogP contribution < -0.4 is 10.2 Å². The van der Waals surface area contributed by atoms with Crippen LogP contribution in [-0.4, -0.2) is 30.6 Å². The molecule has 1 fully saturated rings. The number of hydrogen-bond donors (Lipinski definition) is 1. The minimum atomic E-state index is -0.484. The predicted octanol–water partition coefficient (Wildman–Crippen LogP) is 2.29. The summed E-state index contributed by atoms with van der Waals surface area (Å²) in [5.41, 5.74) is 0.270. The maximum absolute atomic E-state index is 13.6. The first-order chi connectivity index (χ1) is 8.49. The van der Waals surface area contributed by atoms with Crippen molar-refractivity contribution >= 4 is 27.3 Å². The third-order valence-corrected chi connectivity index (χ3v) is 3.53. The summed E-state index contributed by atoms with van der Waals surface area (Å²) in [7, 11) is 0. The number of nitro groups is 1. The van der Waals surface area contributed by atoms with Crippen LogP contribution in [0.15, 0.2) is 16.6 Å². The second-order valence-corrected chi connectivity index (χ2v) is 5.17. The zero-order chi connectivity index (χ0) is 13.3. The molecule has 7 heteroatoms. The fourth-order valence-corrected chi connectivity index (χ4v) is 2.41. The summed E-state index contributed by atoms with van der Waals surface area (Å²) in [6, 6.07) is 2.67. The number of nitrogens with zero attached hydrogens (tertiary/aromatic N) is 2. The van der Waals surface area contributed by atoms with Gasteiger partial charge in [0, 0.05) is 37.8 Å². The molecule has 0 saturated carbocycles. The largest absolute Gasteiger partial charge is 0.363 e. The summed E-state index contributed by atoms with van der Waals surface area (Å²) in [6.07, 6.45) is 0. The third-order valence-electron chi connectivity index (χ3n) is 2.92. The van der Waals surface area contributed by atoms with Crippen molar-refractivity contribution in [3.63, 3.8) is 0 Å². The van der Waals surface area contributed by atoms with Gasteiger partial charge in [0.2, 0.25) is 0 Å². The van der Waals surface area contributed by atoms with E-state index < -0.39 is 10.7 Å². The van der Waals surface area contributed by atoms with Gasteiger partial charge in [-0.1, -0.05) is 0 Å². The molecule has 0 amide bonds. The number of anilines is 1. The molecule has 1 aromatic rings. The molecule has 1 atom stereocenters. The second-order valence-electron chi connectivity index (χ2n) is 4.31. The molecule has 0 bridgehead atoms. The summed E-state index contributed by atoms with van der Waals surface area (Å²) in [6.45, 7) is 3.98. The fraction of sp³-hybridized carbons (Fsp3) is 0.455. The van der Waals surface area contributed by atoms with E-state index in [2.05, 4.69) is 21.2 Å². The van der Waals surface area contributed by atoms with Crippen LogP contribution in [0.4, 0.5) is 15.8 Å². The SMILES string of the molecule is CC1CN(c2cc(F)c(Br)cc2[N+](=O)[O-])CCN1. The van der Waals surface area contributed by atoms with Gasteiger partial charge in [0.25, 0.3) is 5.69 Å². The van der Waals surface area contributed by atoms with Crippen molar-refractivity contribution in [3.8, 4) is 0 Å². The molecular formula is C11H13BrFN3O2. The zero-order valence-corrected chi connectivity index (χ0v) is 11.4. The van der Waals surface area contributed by atoms with E-state index in [-0.39, 0.29) is 16.2 Å². The molecular weight excluding hydrogens is 305 g/mol. The van der Waals surface area contributed by atoms with Gasteiger partial charge in [0.05, 0.1) is 9.40 Å². The molecule has 98 valence electrons. The first kappa shape index (κ1) is 13.2. The molecule has 1 heterocycles. The highest BCUT2D eigenvalue weighted by molar-refractivity contribution is 9.10. The Hall–Kier alpha value is -1.21. The van der Waals surface area contributed by atoms with Gasteiger partial charge in [-0.05, 0) is 22.9 Å². The quantitative estimate of drug-likeness (QED) is 0.671. The smallest absolute Gasteiger partial charge is 0.293 e. The molecule has 18 heavy (non-hydrogen) atoms. The molecule has 1 aliphatic heterocycles. The molecule has 0 spiro atoms. The Balaban J connectivity index is 2.41. The predicted molar refractivity (Wildman–Crippen MR) is 70.4 cm³/mol. The van der Waals surface area contributed by atoms with Crippen molar-refractivity contribution in [3.05, 3.63) is 32.5 Å². The Morgan fingerprint density at radius 3 is 2.94 bits per heavy atom. The molecule has 5 nitrogen and oxygen atoms in total. The second kappa shape index (κ2) is 5.19. The Morgan fingerprint density at radius 1 is 1.61 bits per heavy atom. The lowest BCUT2D eigenvalue weighted by atomic mass is 10.2. The standard InChI is InChI=1S/C11H13BrFN3O2/c1-7-6-15(3-2-14-7)10-5-9(13)8(12)4-11(10)16(17)18/h4-5,7,14H,2-3,6H2,1H3. The highest BCUT2D eigenvalue weighted by atomic mass is 79.9. The summed E-state index contributed by atoms with van der Waals surface area (Å²) in [5, 5.41) is 14.3. The van der Waals surface area contributed by atoms with E-state index in [0.717, 1.165) is 6.54 Å². The first-order valence-electron chi connectivity index (χ1n) is 5.61. The first-order valence-corrected chi connectivity index (χ1v) is 6.40. The average molecular weight is 318 g/mol. The van der Waals surface area contributed by atoms with Crippen molar-refractivity contribution in [2.45, 2.75) is 13.0 Å². The maximum Gasteiger partial charge on any atom is 0.293 e. The van der Waals surface area contributed by atoms with E-state index in [1.807, 2.05) is 11.8 Å². The minimum absolute atomic E-state index is 0.0719. The van der Waals surface area contributed by atoms with Gasteiger partial charge in [-0.2, -0.15) is 0 Å². The zero-order valence-electron chi connectivity index (χ0n) is 9.82. The molecule has 1 aliphatic rings. The summed E-state index contributed by atoms with van der Waals surface area (Å²) < 4.78 is 13.7. The van der Waals surface area contributed by atoms with Gasteiger partial charge in [0.15, 0.2) is 0 Å². The van der Waals surface area contributed by atoms with Crippen molar-refractivity contribution in [2.24, 2.45) is 0 Å². The molecule has 0 aliphatic carbocycles. The Morgan fingerprint density at radius 2 is 2.33 bits per heavy atom. The number of nitrogens with one attached hydrogen (secondary N) is 1. The number of halogens is 2. The fourth-order valence-electron chi connectivity index (χ4n) is 2.08. The van der Waals surface area contributed by atoms with Gasteiger partial charge in [-0.25, -0.2) is 4.39 Å². The summed E-state index contributed by atoms with van der Waals surface area (Å²) >= 11 is 2.97. The molecule has 0 radical (unpaired) electrons. The Bertz CT molecular complexity index is 484. The number of nitro benzene ring substituents is 1. The van der Waals surface area contributed by atoms with Crippen molar-refractivity contribution in [1.29, 1.82) is 0 Å². The van der Waals surface area contributed by atoms with E-state index in [1.54, 1.807) is 0 Å². The normalized spacial score (nSPS) is 19.9. The number of rotatable bonds is 2. The van der Waals surface area contributed by atoms with Gasteiger partial charge in [-0.3, -0.25) is 10.1 Å². The van der Waals surface area contributed by atoms with Crippen molar-refractivity contribution < 1.29 is 9.31 Å². The van der Waals surface area contributed by atoms with Gasteiger partial charge in [0.1, 0.15) is 11.5 Å². The lowest BCUT2D eigenvalue weighted by Gasteiger charge is -2.33. The lowest BCUT2D eigenvalue weighted by Crippen LogP contribution is -2.49. The van der Waals surface area contributed by atoms with E-state index in [9.17, 15) is 14.5 Å². The highest BCUT2D eigenvalue weighted by Crippen LogP contribution is 2.33. The molecule has 1 unspecified atom stereocenters. The lowest BCUT2D eigenvalue weighted by molar-refractivity contribution is -0.384. The topological polar surface area (TPSA) is 58.4 Å². The van der Waals surface area contributed by atoms with Crippen LogP contribution in [0.3, 0.4) is 0 Å². The van der Waals surface area contributed by atoms with Crippen LogP contribution >= 0.6 is 15.9 Å². The van der Waals surface area contributed by atoms with Crippen LogP contribution in [0.1, 0.15) is 6.92 Å². The average Bonchev–Trinajstić information content (AvgIpc) is 2.31. The third kappa shape index (κ3) is 2.62. The van der Waals surface area contributed by atoms with Crippen LogP contribution in [-0.2, 0) is 0 Å². The number of piperazine rings is 1. The van der Waals surface area contributed by atoms with E-state index in [1.165, 1.54) is 12.1 Å². The number of benzene rings is 1. The van der Waals surface area contributed by atoms with Gasteiger partial charge >= 0.3 is 0 Å². The molecule has 1 N–H and O–H groups in total. The van der Waals surface area contributed by atoms with Crippen molar-refractivity contribution in [2.75, 3.05) is 24.5 Å². The van der Waals surface area contributed by atoms with Crippen LogP contribution in [0.5, 0.6) is 0 Å². The number of hydrogen-bond acceptors (Lipinski definition) is 4. The van der Waals surface area contributed by atoms with Gasteiger partial charge < -0.3 is 10.2 Å². The van der Waals surface area contributed by atoms with E-state index in [4.69, 9.17) is 0 Å². The van der Waals surface area contributed by atoms with E-state index in [0.29, 0.717) is 18.8 Å². The van der Waals surface area contributed by atoms with Crippen LogP contribution in [0.2, 0.25) is 0 Å². The van der Waals surface area contributed by atoms with Gasteiger partial charge in [-0.15, -0.1) is 0 Å². The monoisotopic (exact) mass is 317 g/mol. The summed E-state index contributed by atoms with van der Waals surface area (Å²) in [4.78, 5) is 12.4. The Labute approximate surface area is 112 Å². The minimum Gasteiger partial charge on any atom is -0.363 e.